The second-order valence-electron chi connectivity index (χ2n) is 5.37. The number of nitrogens with one attached hydrogen (secondary N) is 1. The Bertz CT molecular complexity index is 905. The van der Waals surface area contributed by atoms with Crippen molar-refractivity contribution in [2.24, 2.45) is 0 Å². The van der Waals surface area contributed by atoms with Crippen LogP contribution in [0.25, 0.3) is 16.9 Å². The van der Waals surface area contributed by atoms with E-state index in [-0.39, 0.29) is 0 Å². The smallest absolute Gasteiger partial charge is 0.133 e. The van der Waals surface area contributed by atoms with Crippen LogP contribution >= 0.6 is 45.8 Å². The molecule has 0 spiro atoms. The van der Waals surface area contributed by atoms with Crippen LogP contribution in [0.5, 0.6) is 0 Å². The maximum Gasteiger partial charge on any atom is 0.133 e. The van der Waals surface area contributed by atoms with Gasteiger partial charge in [-0.3, -0.25) is 0 Å². The van der Waals surface area contributed by atoms with Crippen molar-refractivity contribution in [2.75, 3.05) is 11.9 Å². The highest BCUT2D eigenvalue weighted by Gasteiger charge is 2.24. The molecule has 6 heteroatoms. The molecular formula is C17H12Cl2IN3. The molecule has 0 amide bonds. The van der Waals surface area contributed by atoms with Crippen LogP contribution in [0, 0.1) is 3.57 Å². The zero-order chi connectivity index (χ0) is 16.0. The third-order valence-corrected chi connectivity index (χ3v) is 5.10. The van der Waals surface area contributed by atoms with Crippen LogP contribution in [-0.2, 0) is 6.42 Å². The monoisotopic (exact) mass is 455 g/mol. The number of hydrogen-bond acceptors (Lipinski definition) is 2. The molecule has 4 rings (SSSR count). The minimum absolute atomic E-state index is 0.589. The molecule has 0 unspecified atom stereocenters. The molecule has 2 heterocycles. The van der Waals surface area contributed by atoms with E-state index in [0.29, 0.717) is 10.0 Å². The molecule has 0 fully saturated rings. The number of rotatable bonds is 2. The largest absolute Gasteiger partial charge is 0.369 e. The van der Waals surface area contributed by atoms with Gasteiger partial charge in [-0.1, -0.05) is 35.3 Å². The summed E-state index contributed by atoms with van der Waals surface area (Å²) in [6.07, 6.45) is 0.960. The van der Waals surface area contributed by atoms with Gasteiger partial charge in [0.1, 0.15) is 5.82 Å². The minimum Gasteiger partial charge on any atom is -0.369 e. The van der Waals surface area contributed by atoms with Crippen LogP contribution in [0.2, 0.25) is 10.0 Å². The molecule has 23 heavy (non-hydrogen) atoms. The Morgan fingerprint density at radius 1 is 1.13 bits per heavy atom. The number of halogens is 3. The number of anilines is 1. The standard InChI is InChI=1S/C17H12Cl2IN3/c18-11-4-5-15(14(19)9-11)23-17-13(6-7-21-17)16(22-23)10-2-1-3-12(20)8-10/h1-5,8-9,21H,6-7H2. The van der Waals surface area contributed by atoms with Gasteiger partial charge in [0.2, 0.25) is 0 Å². The Morgan fingerprint density at radius 2 is 2.00 bits per heavy atom. The topological polar surface area (TPSA) is 29.9 Å². The summed E-state index contributed by atoms with van der Waals surface area (Å²) in [4.78, 5) is 0. The van der Waals surface area contributed by atoms with E-state index in [0.717, 1.165) is 35.7 Å². The average Bonchev–Trinajstić information content (AvgIpc) is 3.10. The first-order chi connectivity index (χ1) is 11.1. The van der Waals surface area contributed by atoms with Crippen LogP contribution < -0.4 is 5.32 Å². The highest BCUT2D eigenvalue weighted by molar-refractivity contribution is 14.1. The van der Waals surface area contributed by atoms with E-state index in [4.69, 9.17) is 28.3 Å². The molecule has 1 aromatic heterocycles. The second-order valence-corrected chi connectivity index (χ2v) is 7.46. The van der Waals surface area contributed by atoms with Crippen LogP contribution in [-0.4, -0.2) is 16.3 Å². The molecule has 0 aliphatic carbocycles. The lowest BCUT2D eigenvalue weighted by Gasteiger charge is -2.08. The molecule has 2 aromatic carbocycles. The highest BCUT2D eigenvalue weighted by Crippen LogP contribution is 2.36. The average molecular weight is 456 g/mol. The van der Waals surface area contributed by atoms with E-state index in [2.05, 4.69) is 52.2 Å². The summed E-state index contributed by atoms with van der Waals surface area (Å²) in [6.45, 7) is 0.912. The molecule has 0 bridgehead atoms. The maximum atomic E-state index is 6.37. The normalized spacial score (nSPS) is 13.0. The Hall–Kier alpha value is -1.24. The van der Waals surface area contributed by atoms with Crippen molar-refractivity contribution in [2.45, 2.75) is 6.42 Å². The molecule has 3 nitrogen and oxygen atoms in total. The van der Waals surface area contributed by atoms with Crippen molar-refractivity contribution >= 4 is 51.6 Å². The van der Waals surface area contributed by atoms with Crippen molar-refractivity contribution in [3.63, 3.8) is 0 Å². The molecule has 0 radical (unpaired) electrons. The van der Waals surface area contributed by atoms with Gasteiger partial charge in [-0.15, -0.1) is 0 Å². The van der Waals surface area contributed by atoms with E-state index >= 15 is 0 Å². The van der Waals surface area contributed by atoms with Crippen molar-refractivity contribution in [1.29, 1.82) is 0 Å². The highest BCUT2D eigenvalue weighted by atomic mass is 127. The molecule has 3 aromatic rings. The van der Waals surface area contributed by atoms with Gasteiger partial charge >= 0.3 is 0 Å². The fraction of sp³-hybridized carbons (Fsp3) is 0.118. The van der Waals surface area contributed by atoms with Gasteiger partial charge in [0.05, 0.1) is 16.4 Å². The van der Waals surface area contributed by atoms with E-state index < -0.39 is 0 Å². The SMILES string of the molecule is Clc1ccc(-n2nc(-c3cccc(I)c3)c3c2NCC3)c(Cl)c1. The van der Waals surface area contributed by atoms with Gasteiger partial charge in [-0.2, -0.15) is 5.10 Å². The predicted molar refractivity (Wildman–Crippen MR) is 104 cm³/mol. The molecule has 1 aliphatic heterocycles. The van der Waals surface area contributed by atoms with Crippen LogP contribution in [0.4, 0.5) is 5.82 Å². The summed E-state index contributed by atoms with van der Waals surface area (Å²) in [6, 6.07) is 13.8. The summed E-state index contributed by atoms with van der Waals surface area (Å²) in [5.41, 5.74) is 4.20. The van der Waals surface area contributed by atoms with Gasteiger partial charge in [0.15, 0.2) is 0 Å². The lowest BCUT2D eigenvalue weighted by Crippen LogP contribution is -2.04. The Kier molecular flexibility index (Phi) is 3.99. The predicted octanol–water partition coefficient (Wildman–Crippen LogP) is 5.42. The zero-order valence-corrected chi connectivity index (χ0v) is 15.7. The lowest BCUT2D eigenvalue weighted by molar-refractivity contribution is 0.882. The first kappa shape index (κ1) is 15.3. The van der Waals surface area contributed by atoms with Gasteiger partial charge in [0.25, 0.3) is 0 Å². The second kappa shape index (κ2) is 6.00. The fourth-order valence-corrected chi connectivity index (χ4v) is 3.90. The van der Waals surface area contributed by atoms with E-state index in [9.17, 15) is 0 Å². The number of nitrogens with zero attached hydrogens (tertiary/aromatic N) is 2. The molecule has 1 aliphatic rings. The first-order valence-electron chi connectivity index (χ1n) is 7.20. The maximum absolute atomic E-state index is 6.37. The van der Waals surface area contributed by atoms with Crippen LogP contribution in [0.15, 0.2) is 42.5 Å². The Morgan fingerprint density at radius 3 is 2.78 bits per heavy atom. The number of fused-ring (bicyclic) bond motifs is 1. The number of hydrogen-bond donors (Lipinski definition) is 1. The van der Waals surface area contributed by atoms with E-state index in [1.807, 2.05) is 16.8 Å². The summed E-state index contributed by atoms with van der Waals surface area (Å²) in [5, 5.41) is 9.46. The summed E-state index contributed by atoms with van der Waals surface area (Å²) < 4.78 is 3.08. The third-order valence-electron chi connectivity index (χ3n) is 3.89. The van der Waals surface area contributed by atoms with Gasteiger partial charge in [-0.05, 0) is 59.3 Å². The van der Waals surface area contributed by atoms with Crippen molar-refractivity contribution in [1.82, 2.24) is 9.78 Å². The zero-order valence-electron chi connectivity index (χ0n) is 12.0. The van der Waals surface area contributed by atoms with Crippen LogP contribution in [0.1, 0.15) is 5.56 Å². The summed E-state index contributed by atoms with van der Waals surface area (Å²) in [7, 11) is 0. The van der Waals surface area contributed by atoms with E-state index in [1.54, 1.807) is 6.07 Å². The van der Waals surface area contributed by atoms with Gasteiger partial charge < -0.3 is 5.32 Å². The van der Waals surface area contributed by atoms with Crippen molar-refractivity contribution in [3.8, 4) is 16.9 Å². The third kappa shape index (κ3) is 2.73. The summed E-state index contributed by atoms with van der Waals surface area (Å²) in [5.74, 6) is 1.02. The number of aromatic nitrogens is 2. The molecule has 1 N–H and O–H groups in total. The quantitative estimate of drug-likeness (QED) is 0.523. The van der Waals surface area contributed by atoms with Crippen molar-refractivity contribution in [3.05, 3.63) is 61.6 Å². The Labute approximate surface area is 157 Å². The van der Waals surface area contributed by atoms with Crippen molar-refractivity contribution < 1.29 is 0 Å². The number of benzene rings is 2. The Balaban J connectivity index is 1.91. The molecule has 0 atom stereocenters. The molecule has 116 valence electrons. The summed E-state index contributed by atoms with van der Waals surface area (Å²) >= 11 is 14.7. The minimum atomic E-state index is 0.589. The van der Waals surface area contributed by atoms with Gasteiger partial charge in [0, 0.05) is 26.3 Å². The van der Waals surface area contributed by atoms with E-state index in [1.165, 1.54) is 9.13 Å². The molecule has 0 saturated heterocycles. The molecule has 0 saturated carbocycles. The fourth-order valence-electron chi connectivity index (χ4n) is 2.87. The first-order valence-corrected chi connectivity index (χ1v) is 9.04. The molecular weight excluding hydrogens is 444 g/mol. The van der Waals surface area contributed by atoms with Gasteiger partial charge in [-0.25, -0.2) is 4.68 Å². The lowest BCUT2D eigenvalue weighted by atomic mass is 10.1. The van der Waals surface area contributed by atoms with Crippen LogP contribution in [0.3, 0.4) is 0 Å².